The van der Waals surface area contributed by atoms with Crippen LogP contribution in [0.15, 0.2) is 22.8 Å². The molecule has 156 valence electrons. The van der Waals surface area contributed by atoms with E-state index in [2.05, 4.69) is 5.32 Å². The average molecular weight is 420 g/mol. The minimum Gasteiger partial charge on any atom is -0.467 e. The molecule has 2 amide bonds. The molecular formula is C20H24N2O6S. The molecular weight excluding hydrogens is 396 g/mol. The maximum Gasteiger partial charge on any atom is 0.348 e. The average Bonchev–Trinajstić information content (AvgIpc) is 3.28. The first-order valence-electron chi connectivity index (χ1n) is 9.53. The van der Waals surface area contributed by atoms with Crippen molar-refractivity contribution in [2.45, 2.75) is 46.2 Å². The topological polar surface area (TPSA) is 98.1 Å². The van der Waals surface area contributed by atoms with Gasteiger partial charge in [-0.05, 0) is 51.3 Å². The van der Waals surface area contributed by atoms with Crippen molar-refractivity contribution >= 4 is 34.3 Å². The summed E-state index contributed by atoms with van der Waals surface area (Å²) in [5, 5.41) is 3.07. The number of hydrogen-bond donors (Lipinski definition) is 1. The Kier molecular flexibility index (Phi) is 6.58. The van der Waals surface area contributed by atoms with Gasteiger partial charge >= 0.3 is 18.0 Å². The molecule has 2 heterocycles. The SMILES string of the molecule is CCOC(=O)c1sc(NC(=O)N(Cc2ccco2)C2CC2)c(C(=O)OCC)c1C. The van der Waals surface area contributed by atoms with E-state index >= 15 is 0 Å². The number of carbonyl (C=O) groups is 3. The number of ether oxygens (including phenoxy) is 2. The van der Waals surface area contributed by atoms with Crippen LogP contribution in [0.3, 0.4) is 0 Å². The Labute approximate surface area is 172 Å². The van der Waals surface area contributed by atoms with Crippen LogP contribution in [0.25, 0.3) is 0 Å². The number of anilines is 1. The Morgan fingerprint density at radius 2 is 1.90 bits per heavy atom. The first-order chi connectivity index (χ1) is 14.0. The van der Waals surface area contributed by atoms with Crippen molar-refractivity contribution in [3.05, 3.63) is 40.2 Å². The van der Waals surface area contributed by atoms with Crippen LogP contribution in [0.4, 0.5) is 9.80 Å². The minimum atomic E-state index is -0.587. The van der Waals surface area contributed by atoms with Gasteiger partial charge in [0, 0.05) is 6.04 Å². The number of hydrogen-bond acceptors (Lipinski definition) is 7. The van der Waals surface area contributed by atoms with E-state index in [4.69, 9.17) is 13.9 Å². The molecule has 0 unspecified atom stereocenters. The highest BCUT2D eigenvalue weighted by atomic mass is 32.1. The fourth-order valence-corrected chi connectivity index (χ4v) is 4.01. The lowest BCUT2D eigenvalue weighted by Gasteiger charge is -2.21. The van der Waals surface area contributed by atoms with Crippen LogP contribution < -0.4 is 5.32 Å². The van der Waals surface area contributed by atoms with E-state index in [0.29, 0.717) is 17.9 Å². The number of amides is 2. The molecule has 0 aliphatic heterocycles. The molecule has 9 heteroatoms. The van der Waals surface area contributed by atoms with E-state index in [1.807, 2.05) is 0 Å². The molecule has 0 spiro atoms. The van der Waals surface area contributed by atoms with Gasteiger partial charge in [-0.1, -0.05) is 0 Å². The number of rotatable bonds is 8. The molecule has 1 N–H and O–H groups in total. The Hall–Kier alpha value is -2.81. The van der Waals surface area contributed by atoms with Crippen LogP contribution in [0.1, 0.15) is 58.0 Å². The van der Waals surface area contributed by atoms with Gasteiger partial charge in [-0.3, -0.25) is 5.32 Å². The molecule has 29 heavy (non-hydrogen) atoms. The summed E-state index contributed by atoms with van der Waals surface area (Å²) in [6.45, 7) is 5.77. The van der Waals surface area contributed by atoms with Gasteiger partial charge in [0.15, 0.2) is 0 Å². The highest BCUT2D eigenvalue weighted by molar-refractivity contribution is 7.18. The zero-order valence-corrected chi connectivity index (χ0v) is 17.5. The molecule has 0 aromatic carbocycles. The lowest BCUT2D eigenvalue weighted by Crippen LogP contribution is -2.36. The largest absolute Gasteiger partial charge is 0.467 e. The van der Waals surface area contributed by atoms with E-state index in [1.165, 1.54) is 0 Å². The zero-order chi connectivity index (χ0) is 21.0. The summed E-state index contributed by atoms with van der Waals surface area (Å²) in [4.78, 5) is 39.7. The number of nitrogens with one attached hydrogen (secondary N) is 1. The van der Waals surface area contributed by atoms with E-state index in [0.717, 1.165) is 24.2 Å². The summed E-state index contributed by atoms with van der Waals surface area (Å²) >= 11 is 1.02. The smallest absolute Gasteiger partial charge is 0.348 e. The number of esters is 2. The second-order valence-electron chi connectivity index (χ2n) is 6.57. The zero-order valence-electron chi connectivity index (χ0n) is 16.6. The van der Waals surface area contributed by atoms with E-state index in [9.17, 15) is 14.4 Å². The minimum absolute atomic E-state index is 0.122. The molecule has 1 aliphatic carbocycles. The molecule has 1 aliphatic rings. The molecule has 0 saturated heterocycles. The highest BCUT2D eigenvalue weighted by Crippen LogP contribution is 2.36. The maximum atomic E-state index is 13.0. The number of carbonyl (C=O) groups excluding carboxylic acids is 3. The van der Waals surface area contributed by atoms with Crippen molar-refractivity contribution in [1.82, 2.24) is 4.90 Å². The monoisotopic (exact) mass is 420 g/mol. The summed E-state index contributed by atoms with van der Waals surface area (Å²) in [6, 6.07) is 3.34. The predicted molar refractivity (Wildman–Crippen MR) is 107 cm³/mol. The number of thiophene rings is 1. The van der Waals surface area contributed by atoms with Crippen molar-refractivity contribution in [2.75, 3.05) is 18.5 Å². The van der Waals surface area contributed by atoms with Gasteiger partial charge < -0.3 is 18.8 Å². The predicted octanol–water partition coefficient (Wildman–Crippen LogP) is 4.20. The third kappa shape index (κ3) is 4.79. The standard InChI is InChI=1S/C20H24N2O6S/c1-4-26-18(23)15-12(3)16(19(24)27-5-2)29-17(15)21-20(25)22(13-8-9-13)11-14-7-6-10-28-14/h6-7,10,13H,4-5,8-9,11H2,1-3H3,(H,21,25). The van der Waals surface area contributed by atoms with Gasteiger partial charge in [-0.15, -0.1) is 11.3 Å². The van der Waals surface area contributed by atoms with Crippen LogP contribution in [0.5, 0.6) is 0 Å². The molecule has 1 saturated carbocycles. The van der Waals surface area contributed by atoms with Crippen molar-refractivity contribution in [3.63, 3.8) is 0 Å². The first-order valence-corrected chi connectivity index (χ1v) is 10.4. The Balaban J connectivity index is 1.87. The summed E-state index contributed by atoms with van der Waals surface area (Å²) in [7, 11) is 0. The van der Waals surface area contributed by atoms with Crippen molar-refractivity contribution in [3.8, 4) is 0 Å². The number of furan rings is 1. The maximum absolute atomic E-state index is 13.0. The third-order valence-corrected chi connectivity index (χ3v) is 5.65. The summed E-state index contributed by atoms with van der Waals surface area (Å²) in [5.41, 5.74) is 0.619. The van der Waals surface area contributed by atoms with Crippen LogP contribution in [0, 0.1) is 6.92 Å². The Morgan fingerprint density at radius 3 is 2.48 bits per heavy atom. The van der Waals surface area contributed by atoms with Crippen LogP contribution in [-0.2, 0) is 16.0 Å². The van der Waals surface area contributed by atoms with Gasteiger partial charge in [0.25, 0.3) is 0 Å². The Morgan fingerprint density at radius 1 is 1.21 bits per heavy atom. The quantitative estimate of drug-likeness (QED) is 0.643. The van der Waals surface area contributed by atoms with Crippen molar-refractivity contribution in [2.24, 2.45) is 0 Å². The van der Waals surface area contributed by atoms with Crippen LogP contribution in [0.2, 0.25) is 0 Å². The second-order valence-corrected chi connectivity index (χ2v) is 7.59. The first kappa shape index (κ1) is 20.9. The van der Waals surface area contributed by atoms with Crippen LogP contribution >= 0.6 is 11.3 Å². The third-order valence-electron chi connectivity index (χ3n) is 4.46. The molecule has 1 fully saturated rings. The van der Waals surface area contributed by atoms with Gasteiger partial charge in [-0.25, -0.2) is 14.4 Å². The van der Waals surface area contributed by atoms with Gasteiger partial charge in [0.1, 0.15) is 15.6 Å². The molecule has 2 aromatic rings. The highest BCUT2D eigenvalue weighted by Gasteiger charge is 2.35. The van der Waals surface area contributed by atoms with E-state index in [-0.39, 0.29) is 40.7 Å². The fraction of sp³-hybridized carbons (Fsp3) is 0.450. The van der Waals surface area contributed by atoms with Gasteiger partial charge in [-0.2, -0.15) is 0 Å². The molecule has 0 atom stereocenters. The van der Waals surface area contributed by atoms with E-state index in [1.54, 1.807) is 44.1 Å². The number of nitrogens with zero attached hydrogens (tertiary/aromatic N) is 1. The Bertz CT molecular complexity index is 885. The fourth-order valence-electron chi connectivity index (χ4n) is 2.93. The number of urea groups is 1. The summed E-state index contributed by atoms with van der Waals surface area (Å²) in [5.74, 6) is -0.445. The lowest BCUT2D eigenvalue weighted by atomic mass is 10.1. The molecule has 2 aromatic heterocycles. The molecule has 8 nitrogen and oxygen atoms in total. The molecule has 3 rings (SSSR count). The van der Waals surface area contributed by atoms with Gasteiger partial charge in [0.2, 0.25) is 0 Å². The molecule has 0 radical (unpaired) electrons. The second kappa shape index (κ2) is 9.13. The summed E-state index contributed by atoms with van der Waals surface area (Å²) in [6.07, 6.45) is 3.39. The van der Waals surface area contributed by atoms with Crippen molar-refractivity contribution < 1.29 is 28.3 Å². The van der Waals surface area contributed by atoms with E-state index < -0.39 is 11.9 Å². The van der Waals surface area contributed by atoms with Crippen LogP contribution in [-0.4, -0.2) is 42.1 Å². The van der Waals surface area contributed by atoms with Crippen molar-refractivity contribution in [1.29, 1.82) is 0 Å². The van der Waals surface area contributed by atoms with Gasteiger partial charge in [0.05, 0.1) is 31.6 Å². The molecule has 0 bridgehead atoms. The summed E-state index contributed by atoms with van der Waals surface area (Å²) < 4.78 is 15.6. The normalized spacial score (nSPS) is 13.1. The lowest BCUT2D eigenvalue weighted by molar-refractivity contribution is 0.0527.